The van der Waals surface area contributed by atoms with E-state index in [0.717, 1.165) is 43.8 Å². The van der Waals surface area contributed by atoms with Gasteiger partial charge in [0.1, 0.15) is 0 Å². The maximum absolute atomic E-state index is 11.1. The molecular weight excluding hydrogens is 585 g/mol. The summed E-state index contributed by atoms with van der Waals surface area (Å²) in [5.74, 6) is -0.00125. The first-order chi connectivity index (χ1) is 20.6. The van der Waals surface area contributed by atoms with Gasteiger partial charge in [0.2, 0.25) is 0 Å². The standard InChI is InChI=1S/C35H72O5Si3/c1-11-21-27-31(38-41(12-2,13-3)14-4)35-30(26-24-22-23-25-28-34(36)37)32(39-42(15-5,16-6)17-7)29-33(35)40-43(18-8,19-9)20-10/h22,24,30-33,35H,11-21,23,25-29H2,1-10H3,(H,36,37)/t30-,31+,32-,33+,35+/m0/s1. The minimum Gasteiger partial charge on any atom is -0.481 e. The number of hydrogen-bond donors (Lipinski definition) is 1. The maximum atomic E-state index is 11.1. The van der Waals surface area contributed by atoms with E-state index in [-0.39, 0.29) is 24.7 Å². The van der Waals surface area contributed by atoms with Crippen molar-refractivity contribution in [2.24, 2.45) is 11.8 Å². The smallest absolute Gasteiger partial charge is 0.303 e. The zero-order valence-electron chi connectivity index (χ0n) is 30.1. The number of hydrogen-bond acceptors (Lipinski definition) is 4. The first-order valence-electron chi connectivity index (χ1n) is 18.5. The highest BCUT2D eigenvalue weighted by Crippen LogP contribution is 2.47. The van der Waals surface area contributed by atoms with E-state index >= 15 is 0 Å². The Morgan fingerprint density at radius 1 is 0.721 bits per heavy atom. The fraction of sp³-hybridized carbons (Fsp3) is 0.914. The van der Waals surface area contributed by atoms with Crippen molar-refractivity contribution < 1.29 is 23.2 Å². The van der Waals surface area contributed by atoms with Gasteiger partial charge in [0.25, 0.3) is 0 Å². The molecule has 254 valence electrons. The van der Waals surface area contributed by atoms with E-state index in [1.807, 2.05) is 0 Å². The third kappa shape index (κ3) is 11.8. The SMILES string of the molecule is CCCC[C@@H](O[Si](CC)(CC)CC)[C@H]1[C@@H](CC=CCCCC(=O)O)[C@@H](O[Si](CC)(CC)CC)C[C@H]1O[Si](CC)(CC)CC. The molecule has 0 spiro atoms. The van der Waals surface area contributed by atoms with E-state index < -0.39 is 30.9 Å². The van der Waals surface area contributed by atoms with Gasteiger partial charge in [-0.25, -0.2) is 0 Å². The van der Waals surface area contributed by atoms with Gasteiger partial charge >= 0.3 is 5.97 Å². The summed E-state index contributed by atoms with van der Waals surface area (Å²) in [6.45, 7) is 23.5. The molecule has 5 atom stereocenters. The predicted molar refractivity (Wildman–Crippen MR) is 193 cm³/mol. The summed E-state index contributed by atoms with van der Waals surface area (Å²) >= 11 is 0. The molecule has 43 heavy (non-hydrogen) atoms. The molecule has 1 fully saturated rings. The number of rotatable bonds is 25. The van der Waals surface area contributed by atoms with Crippen LogP contribution in [0.15, 0.2) is 12.2 Å². The second kappa shape index (κ2) is 20.8. The second-order valence-electron chi connectivity index (χ2n) is 13.3. The molecule has 0 saturated heterocycles. The molecule has 8 heteroatoms. The highest BCUT2D eigenvalue weighted by molar-refractivity contribution is 6.74. The first-order valence-corrected chi connectivity index (χ1v) is 26.1. The first kappa shape index (κ1) is 40.8. The van der Waals surface area contributed by atoms with Crippen LogP contribution in [-0.4, -0.2) is 54.3 Å². The zero-order valence-corrected chi connectivity index (χ0v) is 33.1. The van der Waals surface area contributed by atoms with E-state index in [1.54, 1.807) is 0 Å². The molecule has 0 aromatic carbocycles. The molecule has 1 rings (SSSR count). The average molecular weight is 657 g/mol. The lowest BCUT2D eigenvalue weighted by Gasteiger charge is -2.42. The van der Waals surface area contributed by atoms with Crippen LogP contribution < -0.4 is 0 Å². The van der Waals surface area contributed by atoms with E-state index in [4.69, 9.17) is 18.4 Å². The van der Waals surface area contributed by atoms with Crippen molar-refractivity contribution in [3.05, 3.63) is 12.2 Å². The lowest BCUT2D eigenvalue weighted by atomic mass is 9.84. The summed E-state index contributed by atoms with van der Waals surface area (Å²) in [5, 5.41) is 9.10. The normalized spacial score (nSPS) is 22.5. The molecule has 1 N–H and O–H groups in total. The van der Waals surface area contributed by atoms with E-state index in [2.05, 4.69) is 81.4 Å². The Balaban J connectivity index is 3.68. The zero-order chi connectivity index (χ0) is 32.5. The fourth-order valence-corrected chi connectivity index (χ4v) is 16.3. The van der Waals surface area contributed by atoms with Crippen molar-refractivity contribution in [1.82, 2.24) is 0 Å². The van der Waals surface area contributed by atoms with Gasteiger partial charge in [0.05, 0.1) is 18.3 Å². The van der Waals surface area contributed by atoms with Crippen LogP contribution in [-0.2, 0) is 18.1 Å². The van der Waals surface area contributed by atoms with Gasteiger partial charge in [0, 0.05) is 12.3 Å². The minimum atomic E-state index is -1.85. The molecule has 0 aromatic heterocycles. The third-order valence-electron chi connectivity index (χ3n) is 11.5. The lowest BCUT2D eigenvalue weighted by molar-refractivity contribution is -0.137. The van der Waals surface area contributed by atoms with Gasteiger partial charge in [-0.3, -0.25) is 4.79 Å². The van der Waals surface area contributed by atoms with Crippen molar-refractivity contribution >= 4 is 30.9 Å². The Kier molecular flexibility index (Phi) is 19.7. The van der Waals surface area contributed by atoms with Crippen molar-refractivity contribution in [3.8, 4) is 0 Å². The number of carboxylic acids is 1. The Labute approximate surface area is 270 Å². The highest BCUT2D eigenvalue weighted by atomic mass is 28.4. The lowest BCUT2D eigenvalue weighted by Crippen LogP contribution is -2.49. The molecule has 0 aliphatic heterocycles. The van der Waals surface area contributed by atoms with Crippen LogP contribution in [0.1, 0.15) is 121 Å². The fourth-order valence-electron chi connectivity index (χ4n) is 7.61. The van der Waals surface area contributed by atoms with Crippen LogP contribution >= 0.6 is 0 Å². The van der Waals surface area contributed by atoms with Crippen LogP contribution in [0.3, 0.4) is 0 Å². The van der Waals surface area contributed by atoms with Gasteiger partial charge in [-0.1, -0.05) is 94.2 Å². The van der Waals surface area contributed by atoms with Crippen LogP contribution in [0.2, 0.25) is 54.4 Å². The van der Waals surface area contributed by atoms with Crippen molar-refractivity contribution in [1.29, 1.82) is 0 Å². The summed E-state index contributed by atoms with van der Waals surface area (Å²) in [6.07, 6.45) is 12.4. The third-order valence-corrected chi connectivity index (χ3v) is 25.5. The summed E-state index contributed by atoms with van der Waals surface area (Å²) in [5.41, 5.74) is 0. The van der Waals surface area contributed by atoms with Gasteiger partial charge in [0.15, 0.2) is 25.0 Å². The second-order valence-corrected chi connectivity index (χ2v) is 27.5. The summed E-state index contributed by atoms with van der Waals surface area (Å²) in [6, 6.07) is 10.5. The molecule has 1 saturated carbocycles. The molecule has 0 radical (unpaired) electrons. The number of aliphatic carboxylic acids is 1. The number of allylic oxidation sites excluding steroid dienone is 2. The Bertz CT molecular complexity index is 755. The monoisotopic (exact) mass is 656 g/mol. The van der Waals surface area contributed by atoms with Gasteiger partial charge < -0.3 is 18.4 Å². The van der Waals surface area contributed by atoms with Crippen molar-refractivity contribution in [3.63, 3.8) is 0 Å². The molecule has 5 nitrogen and oxygen atoms in total. The predicted octanol–water partition coefficient (Wildman–Crippen LogP) is 11.2. The van der Waals surface area contributed by atoms with E-state index in [1.165, 1.54) is 49.1 Å². The quantitative estimate of drug-likeness (QED) is 0.0602. The molecule has 0 heterocycles. The molecule has 0 amide bonds. The maximum Gasteiger partial charge on any atom is 0.303 e. The molecule has 1 aliphatic carbocycles. The number of carboxylic acid groups (broad SMARTS) is 1. The van der Waals surface area contributed by atoms with Crippen LogP contribution in [0.5, 0.6) is 0 Å². The van der Waals surface area contributed by atoms with Crippen LogP contribution in [0, 0.1) is 11.8 Å². The van der Waals surface area contributed by atoms with E-state index in [9.17, 15) is 4.79 Å². The Morgan fingerprint density at radius 3 is 1.65 bits per heavy atom. The van der Waals surface area contributed by atoms with E-state index in [0.29, 0.717) is 18.3 Å². The molecule has 1 aliphatic rings. The summed E-state index contributed by atoms with van der Waals surface area (Å²) < 4.78 is 22.4. The topological polar surface area (TPSA) is 65.0 Å². The van der Waals surface area contributed by atoms with Crippen LogP contribution in [0.25, 0.3) is 0 Å². The minimum absolute atomic E-state index is 0.193. The van der Waals surface area contributed by atoms with Crippen LogP contribution in [0.4, 0.5) is 0 Å². The highest BCUT2D eigenvalue weighted by Gasteiger charge is 2.52. The summed E-state index contributed by atoms with van der Waals surface area (Å²) in [4.78, 5) is 11.1. The Morgan fingerprint density at radius 2 is 1.21 bits per heavy atom. The molecule has 0 aromatic rings. The number of unbranched alkanes of at least 4 members (excludes halogenated alkanes) is 2. The Hall–Kier alpha value is -0.259. The number of carbonyl (C=O) groups is 1. The molecular formula is C35H72O5Si3. The molecule has 0 unspecified atom stereocenters. The van der Waals surface area contributed by atoms with Gasteiger partial charge in [-0.2, -0.15) is 0 Å². The summed E-state index contributed by atoms with van der Waals surface area (Å²) in [7, 11) is -5.52. The van der Waals surface area contributed by atoms with Gasteiger partial charge in [-0.15, -0.1) is 0 Å². The van der Waals surface area contributed by atoms with Crippen molar-refractivity contribution in [2.45, 2.75) is 193 Å². The molecule has 0 bridgehead atoms. The van der Waals surface area contributed by atoms with Gasteiger partial charge in [-0.05, 0) is 92.4 Å². The largest absolute Gasteiger partial charge is 0.481 e. The average Bonchev–Trinajstić information content (AvgIpc) is 3.36. The van der Waals surface area contributed by atoms with Crippen molar-refractivity contribution in [2.75, 3.05) is 0 Å².